The van der Waals surface area contributed by atoms with Gasteiger partial charge in [0.2, 0.25) is 5.75 Å². The molecule has 0 unspecified atom stereocenters. The van der Waals surface area contributed by atoms with Crippen LogP contribution < -0.4 is 10.1 Å². The Kier molecular flexibility index (Phi) is 5.59. The summed E-state index contributed by atoms with van der Waals surface area (Å²) in [6.45, 7) is 1.68. The van der Waals surface area contributed by atoms with Gasteiger partial charge in [0, 0.05) is 17.8 Å². The Morgan fingerprint density at radius 3 is 2.50 bits per heavy atom. The number of amides is 1. The van der Waals surface area contributed by atoms with Gasteiger partial charge in [-0.3, -0.25) is 14.9 Å². The molecule has 0 aliphatic carbocycles. The molecule has 0 saturated carbocycles. The van der Waals surface area contributed by atoms with E-state index in [4.69, 9.17) is 27.9 Å². The zero-order valence-electron chi connectivity index (χ0n) is 11.0. The summed E-state index contributed by atoms with van der Waals surface area (Å²) in [5.74, 6) is -0.408. The van der Waals surface area contributed by atoms with Crippen LogP contribution in [-0.4, -0.2) is 35.2 Å². The van der Waals surface area contributed by atoms with Gasteiger partial charge in [-0.15, -0.1) is 23.2 Å². The number of ether oxygens (including phenoxy) is 1. The van der Waals surface area contributed by atoms with Gasteiger partial charge in [-0.05, 0) is 13.0 Å². The Morgan fingerprint density at radius 1 is 1.45 bits per heavy atom. The minimum Gasteiger partial charge on any atom is -0.490 e. The maximum Gasteiger partial charge on any atom is 0.311 e. The number of nitrogens with zero attached hydrogens (tertiary/aromatic N) is 1. The van der Waals surface area contributed by atoms with Gasteiger partial charge < -0.3 is 10.1 Å². The van der Waals surface area contributed by atoms with Crippen LogP contribution in [0.2, 0.25) is 0 Å². The molecule has 0 aromatic heterocycles. The van der Waals surface area contributed by atoms with Crippen LogP contribution in [0.15, 0.2) is 18.2 Å². The predicted octanol–water partition coefficient (Wildman–Crippen LogP) is 2.57. The maximum atomic E-state index is 12.2. The van der Waals surface area contributed by atoms with Gasteiger partial charge in [0.15, 0.2) is 0 Å². The minimum absolute atomic E-state index is 0.0585. The van der Waals surface area contributed by atoms with Crippen LogP contribution in [0.5, 0.6) is 5.75 Å². The fraction of sp³-hybridized carbons (Fsp3) is 0.417. The van der Waals surface area contributed by atoms with E-state index < -0.39 is 16.4 Å². The van der Waals surface area contributed by atoms with Crippen LogP contribution in [0.4, 0.5) is 5.69 Å². The molecule has 0 heterocycles. The highest BCUT2D eigenvalue weighted by Crippen LogP contribution is 2.30. The van der Waals surface area contributed by atoms with E-state index in [1.807, 2.05) is 0 Å². The summed E-state index contributed by atoms with van der Waals surface area (Å²) in [4.78, 5) is 22.5. The first-order valence-corrected chi connectivity index (χ1v) is 6.71. The number of nitro groups is 1. The van der Waals surface area contributed by atoms with Crippen LogP contribution in [0.3, 0.4) is 0 Å². The third-order valence-electron chi connectivity index (χ3n) is 2.64. The van der Waals surface area contributed by atoms with Crippen molar-refractivity contribution < 1.29 is 14.5 Å². The molecule has 110 valence electrons. The highest BCUT2D eigenvalue weighted by atomic mass is 35.5. The van der Waals surface area contributed by atoms with Crippen molar-refractivity contribution in [3.8, 4) is 5.75 Å². The Hall–Kier alpha value is -1.53. The van der Waals surface area contributed by atoms with Gasteiger partial charge in [0.05, 0.1) is 23.1 Å². The number of carbonyl (C=O) groups excluding carboxylic acids is 1. The van der Waals surface area contributed by atoms with Crippen molar-refractivity contribution in [1.29, 1.82) is 0 Å². The molecule has 8 heteroatoms. The van der Waals surface area contributed by atoms with E-state index in [0.29, 0.717) is 0 Å². The number of halogens is 2. The number of carbonyl (C=O) groups is 1. The minimum atomic E-state index is -0.810. The third kappa shape index (κ3) is 3.52. The molecule has 0 radical (unpaired) electrons. The number of hydrogen-bond donors (Lipinski definition) is 1. The number of rotatable bonds is 6. The maximum absolute atomic E-state index is 12.2. The zero-order valence-corrected chi connectivity index (χ0v) is 12.5. The summed E-state index contributed by atoms with van der Waals surface area (Å²) < 4.78 is 4.97. The third-order valence-corrected chi connectivity index (χ3v) is 3.82. The van der Waals surface area contributed by atoms with E-state index in [-0.39, 0.29) is 28.8 Å². The fourth-order valence-corrected chi connectivity index (χ4v) is 1.93. The Balaban J connectivity index is 3.17. The van der Waals surface area contributed by atoms with Crippen molar-refractivity contribution in [3.05, 3.63) is 33.9 Å². The average Bonchev–Trinajstić information content (AvgIpc) is 2.45. The van der Waals surface area contributed by atoms with Crippen LogP contribution in [-0.2, 0) is 0 Å². The van der Waals surface area contributed by atoms with Gasteiger partial charge in [-0.2, -0.15) is 0 Å². The molecule has 1 aromatic carbocycles. The van der Waals surface area contributed by atoms with Crippen molar-refractivity contribution in [2.24, 2.45) is 0 Å². The normalized spacial score (nSPS) is 11.0. The van der Waals surface area contributed by atoms with Gasteiger partial charge in [0.1, 0.15) is 0 Å². The molecule has 6 nitrogen and oxygen atoms in total. The highest BCUT2D eigenvalue weighted by molar-refractivity contribution is 6.22. The van der Waals surface area contributed by atoms with Crippen molar-refractivity contribution in [1.82, 2.24) is 5.32 Å². The number of nitro benzene ring substituents is 1. The van der Waals surface area contributed by atoms with Crippen molar-refractivity contribution in [3.63, 3.8) is 0 Å². The quantitative estimate of drug-likeness (QED) is 0.496. The molecule has 0 saturated heterocycles. The zero-order chi connectivity index (χ0) is 15.3. The average molecular weight is 321 g/mol. The number of benzene rings is 1. The van der Waals surface area contributed by atoms with E-state index in [0.717, 1.165) is 0 Å². The SMILES string of the molecule is COc1c(C(=O)NC(C)(CCl)CCl)cccc1[N+](=O)[O-]. The second kappa shape index (κ2) is 6.76. The summed E-state index contributed by atoms with van der Waals surface area (Å²) in [5.41, 5.74) is -1.03. The van der Waals surface area contributed by atoms with Crippen molar-refractivity contribution in [2.75, 3.05) is 18.9 Å². The molecule has 0 bridgehead atoms. The number of nitrogens with one attached hydrogen (secondary N) is 1. The molecule has 20 heavy (non-hydrogen) atoms. The van der Waals surface area contributed by atoms with Gasteiger partial charge in [-0.1, -0.05) is 6.07 Å². The first-order chi connectivity index (χ1) is 9.38. The topological polar surface area (TPSA) is 81.5 Å². The van der Waals surface area contributed by atoms with E-state index in [9.17, 15) is 14.9 Å². The Labute approximate surface area is 126 Å². The summed E-state index contributed by atoms with van der Waals surface area (Å²) in [6.07, 6.45) is 0. The summed E-state index contributed by atoms with van der Waals surface area (Å²) in [6, 6.07) is 4.11. The van der Waals surface area contributed by atoms with E-state index in [1.165, 1.54) is 25.3 Å². The molecular formula is C12H14Cl2N2O4. The highest BCUT2D eigenvalue weighted by Gasteiger charge is 2.28. The Morgan fingerprint density at radius 2 is 2.05 bits per heavy atom. The lowest BCUT2D eigenvalue weighted by Gasteiger charge is -2.26. The molecular weight excluding hydrogens is 307 g/mol. The summed E-state index contributed by atoms with van der Waals surface area (Å²) in [7, 11) is 1.27. The standard InChI is InChI=1S/C12H14Cl2N2O4/c1-12(6-13,7-14)15-11(17)8-4-3-5-9(16(18)19)10(8)20-2/h3-5H,6-7H2,1-2H3,(H,15,17). The van der Waals surface area contributed by atoms with Crippen LogP contribution >= 0.6 is 23.2 Å². The molecule has 1 amide bonds. The van der Waals surface area contributed by atoms with Gasteiger partial charge in [0.25, 0.3) is 5.91 Å². The van der Waals surface area contributed by atoms with Gasteiger partial charge >= 0.3 is 5.69 Å². The molecule has 1 aromatic rings. The van der Waals surface area contributed by atoms with Gasteiger partial charge in [-0.25, -0.2) is 0 Å². The molecule has 0 aliphatic heterocycles. The molecule has 0 atom stereocenters. The van der Waals surface area contributed by atoms with Crippen molar-refractivity contribution >= 4 is 34.8 Å². The smallest absolute Gasteiger partial charge is 0.311 e. The van der Waals surface area contributed by atoms with E-state index >= 15 is 0 Å². The second-order valence-corrected chi connectivity index (χ2v) is 4.93. The number of hydrogen-bond acceptors (Lipinski definition) is 4. The van der Waals surface area contributed by atoms with Crippen molar-refractivity contribution in [2.45, 2.75) is 12.5 Å². The first kappa shape index (κ1) is 16.5. The summed E-state index contributed by atoms with van der Waals surface area (Å²) >= 11 is 11.5. The van der Waals surface area contributed by atoms with E-state index in [2.05, 4.69) is 5.32 Å². The second-order valence-electron chi connectivity index (χ2n) is 4.40. The fourth-order valence-electron chi connectivity index (χ4n) is 1.51. The number of para-hydroxylation sites is 1. The largest absolute Gasteiger partial charge is 0.490 e. The monoisotopic (exact) mass is 320 g/mol. The molecule has 1 rings (SSSR count). The molecule has 0 fully saturated rings. The van der Waals surface area contributed by atoms with Crippen LogP contribution in [0.1, 0.15) is 17.3 Å². The molecule has 1 N–H and O–H groups in total. The lowest BCUT2D eigenvalue weighted by Crippen LogP contribution is -2.49. The first-order valence-electron chi connectivity index (χ1n) is 5.64. The van der Waals surface area contributed by atoms with Crippen LogP contribution in [0, 0.1) is 10.1 Å². The molecule has 0 spiro atoms. The summed E-state index contributed by atoms with van der Waals surface area (Å²) in [5, 5.41) is 13.5. The Bertz CT molecular complexity index is 518. The lowest BCUT2D eigenvalue weighted by molar-refractivity contribution is -0.385. The predicted molar refractivity (Wildman–Crippen MR) is 77.0 cm³/mol. The molecule has 0 aliphatic rings. The van der Waals surface area contributed by atoms with Crippen LogP contribution in [0.25, 0.3) is 0 Å². The number of methoxy groups -OCH3 is 1. The lowest BCUT2D eigenvalue weighted by atomic mass is 10.1. The van der Waals surface area contributed by atoms with E-state index in [1.54, 1.807) is 6.92 Å². The number of alkyl halides is 2.